The first-order valence-corrected chi connectivity index (χ1v) is 13.5. The summed E-state index contributed by atoms with van der Waals surface area (Å²) < 4.78 is 2.03. The zero-order chi connectivity index (χ0) is 27.5. The topological polar surface area (TPSA) is 114 Å². The molecule has 0 bridgehead atoms. The van der Waals surface area contributed by atoms with Crippen LogP contribution < -0.4 is 11.1 Å². The Labute approximate surface area is 235 Å². The second-order valence-electron chi connectivity index (χ2n) is 8.98. The van der Waals surface area contributed by atoms with Gasteiger partial charge in [0.05, 0.1) is 36.6 Å². The molecule has 0 saturated heterocycles. The fraction of sp³-hybridized carbons (Fsp3) is 0.241. The number of nitrogens with one attached hydrogen (secondary N) is 2. The van der Waals surface area contributed by atoms with Gasteiger partial charge in [-0.3, -0.25) is 14.4 Å². The van der Waals surface area contributed by atoms with E-state index < -0.39 is 6.04 Å². The summed E-state index contributed by atoms with van der Waals surface area (Å²) in [5.41, 5.74) is 10.8. The number of H-pyrrole nitrogens is 1. The molecule has 0 aliphatic carbocycles. The molecule has 1 aliphatic rings. The Kier molecular flexibility index (Phi) is 7.67. The smallest absolute Gasteiger partial charge is 0.223 e. The van der Waals surface area contributed by atoms with E-state index in [1.54, 1.807) is 11.3 Å². The molecule has 4 aromatic rings. The first-order chi connectivity index (χ1) is 18.9. The van der Waals surface area contributed by atoms with Gasteiger partial charge in [0.2, 0.25) is 5.91 Å². The van der Waals surface area contributed by atoms with Crippen molar-refractivity contribution < 1.29 is 4.79 Å². The van der Waals surface area contributed by atoms with E-state index in [0.29, 0.717) is 23.1 Å². The monoisotopic (exact) mass is 555 g/mol. The minimum atomic E-state index is -0.531. The number of aromatic nitrogens is 4. The number of halogens is 1. The van der Waals surface area contributed by atoms with Gasteiger partial charge in [-0.2, -0.15) is 0 Å². The normalized spacial score (nSPS) is 13.7. The number of thiophene rings is 1. The van der Waals surface area contributed by atoms with Gasteiger partial charge in [-0.25, -0.2) is 0 Å². The number of fused-ring (bicyclic) bond motifs is 3. The van der Waals surface area contributed by atoms with Gasteiger partial charge in [-0.05, 0) is 62.4 Å². The summed E-state index contributed by atoms with van der Waals surface area (Å²) >= 11 is 7.85. The summed E-state index contributed by atoms with van der Waals surface area (Å²) in [7, 11) is 0. The molecular weight excluding hydrogens is 530 g/mol. The second-order valence-corrected chi connectivity index (χ2v) is 10.6. The number of aryl methyl sites for hydroxylation is 2. The molecule has 0 spiro atoms. The van der Waals surface area contributed by atoms with Gasteiger partial charge in [0.25, 0.3) is 0 Å². The van der Waals surface area contributed by atoms with Crippen molar-refractivity contribution in [2.45, 2.75) is 33.2 Å². The van der Waals surface area contributed by atoms with Crippen LogP contribution in [0.2, 0.25) is 5.02 Å². The number of aromatic amines is 1. The lowest BCUT2D eigenvalue weighted by atomic mass is 9.99. The molecule has 1 amide bonds. The van der Waals surface area contributed by atoms with Crippen molar-refractivity contribution >= 4 is 34.6 Å². The third-order valence-electron chi connectivity index (χ3n) is 6.34. The van der Waals surface area contributed by atoms with Gasteiger partial charge in [0.15, 0.2) is 5.82 Å². The first-order valence-electron chi connectivity index (χ1n) is 12.4. The largest absolute Gasteiger partial charge is 0.345 e. The van der Waals surface area contributed by atoms with Crippen LogP contribution in [0.25, 0.3) is 5.00 Å². The summed E-state index contributed by atoms with van der Waals surface area (Å²) in [6.07, 6.45) is 0.102. The molecule has 0 radical (unpaired) electrons. The highest BCUT2D eigenvalue weighted by Gasteiger charge is 2.32. The van der Waals surface area contributed by atoms with Gasteiger partial charge in [-0.15, -0.1) is 21.5 Å². The molecule has 1 atom stereocenters. The number of carbonyl (C=O) groups is 1. The maximum Gasteiger partial charge on any atom is 0.223 e. The number of carbonyl (C=O) groups excluding carboxylic acids is 1. The van der Waals surface area contributed by atoms with Gasteiger partial charge >= 0.3 is 0 Å². The molecule has 5 rings (SSSR count). The Balaban J connectivity index is 1.41. The number of nitrogens with two attached hydrogens (primary N) is 1. The van der Waals surface area contributed by atoms with Crippen LogP contribution in [-0.4, -0.2) is 44.5 Å². The molecule has 1 aliphatic heterocycles. The summed E-state index contributed by atoms with van der Waals surface area (Å²) in [6, 6.07) is 10.8. The lowest BCUT2D eigenvalue weighted by Crippen LogP contribution is -2.25. The van der Waals surface area contributed by atoms with Gasteiger partial charge in [-0.1, -0.05) is 35.6 Å². The maximum absolute atomic E-state index is 13.0. The molecule has 3 aromatic heterocycles. The van der Waals surface area contributed by atoms with Gasteiger partial charge < -0.3 is 16.0 Å². The quantitative estimate of drug-likeness (QED) is 0.330. The van der Waals surface area contributed by atoms with Gasteiger partial charge in [0, 0.05) is 21.0 Å². The fourth-order valence-corrected chi connectivity index (χ4v) is 5.69. The minimum absolute atomic E-state index is 0.102. The van der Waals surface area contributed by atoms with Crippen molar-refractivity contribution in [3.63, 3.8) is 0 Å². The van der Waals surface area contributed by atoms with Crippen molar-refractivity contribution in [2.75, 3.05) is 13.1 Å². The third-order valence-corrected chi connectivity index (χ3v) is 7.79. The number of amides is 1. The summed E-state index contributed by atoms with van der Waals surface area (Å²) in [5.74, 6) is 12.9. The van der Waals surface area contributed by atoms with E-state index in [-0.39, 0.29) is 18.9 Å². The molecule has 0 unspecified atom stereocenters. The second kappa shape index (κ2) is 11.3. The van der Waals surface area contributed by atoms with E-state index in [4.69, 9.17) is 22.3 Å². The van der Waals surface area contributed by atoms with Crippen LogP contribution in [0.3, 0.4) is 0 Å². The van der Waals surface area contributed by atoms with Crippen molar-refractivity contribution in [1.82, 2.24) is 25.1 Å². The molecule has 10 heteroatoms. The van der Waals surface area contributed by atoms with E-state index >= 15 is 0 Å². The highest BCUT2D eigenvalue weighted by Crippen LogP contribution is 2.39. The molecule has 8 nitrogen and oxygen atoms in total. The fourth-order valence-electron chi connectivity index (χ4n) is 4.35. The standard InChI is InChI=1S/C29H26ClN7OS/c1-17-18(2)39-29-26(17)27(20-8-10-21(30)11-9-20)34-24(28-36-35-19(3)37(28)29)16-25(38)32-15-5-7-23-13-12-22(33-23)6-4-14-31/h8-13,24,33H,14-16,31H2,1-3H3,(H,32,38)/t24-/m0/s1. The number of rotatable bonds is 4. The van der Waals surface area contributed by atoms with Crippen LogP contribution in [0.5, 0.6) is 0 Å². The molecule has 0 fully saturated rings. The molecule has 0 saturated carbocycles. The molecular formula is C29H26ClN7OS. The average Bonchev–Trinajstić information content (AvgIpc) is 3.59. The molecule has 39 heavy (non-hydrogen) atoms. The van der Waals surface area contributed by atoms with Crippen LogP contribution in [0, 0.1) is 44.5 Å². The number of hydrogen-bond donors (Lipinski definition) is 3. The molecule has 196 valence electrons. The minimum Gasteiger partial charge on any atom is -0.345 e. The zero-order valence-corrected chi connectivity index (χ0v) is 23.3. The highest BCUT2D eigenvalue weighted by atomic mass is 35.5. The Morgan fingerprint density at radius 2 is 1.82 bits per heavy atom. The van der Waals surface area contributed by atoms with Crippen LogP contribution in [-0.2, 0) is 4.79 Å². The number of benzene rings is 1. The molecule has 4 heterocycles. The maximum atomic E-state index is 13.0. The van der Waals surface area contributed by atoms with E-state index in [1.807, 2.05) is 47.9 Å². The van der Waals surface area contributed by atoms with E-state index in [2.05, 4.69) is 58.0 Å². The number of aliphatic imine (C=N–C) groups is 1. The van der Waals surface area contributed by atoms with Crippen molar-refractivity contribution in [3.8, 4) is 28.7 Å². The van der Waals surface area contributed by atoms with Crippen molar-refractivity contribution in [3.05, 3.63) is 86.0 Å². The summed E-state index contributed by atoms with van der Waals surface area (Å²) in [4.78, 5) is 22.5. The Morgan fingerprint density at radius 3 is 2.54 bits per heavy atom. The van der Waals surface area contributed by atoms with Crippen molar-refractivity contribution in [1.29, 1.82) is 0 Å². The molecule has 1 aromatic carbocycles. The van der Waals surface area contributed by atoms with E-state index in [0.717, 1.165) is 38.9 Å². The SMILES string of the molecule is Cc1sc2c(c1C)C(c1ccc(Cl)cc1)=N[C@@H](CC(=O)NCC#Cc1ccc(C#CCN)[nH]1)c1nnc(C)n1-2. The Morgan fingerprint density at radius 1 is 1.10 bits per heavy atom. The van der Waals surface area contributed by atoms with Gasteiger partial charge in [0.1, 0.15) is 16.9 Å². The average molecular weight is 556 g/mol. The highest BCUT2D eigenvalue weighted by molar-refractivity contribution is 7.15. The predicted octanol–water partition coefficient (Wildman–Crippen LogP) is 4.00. The Bertz CT molecular complexity index is 1700. The van der Waals surface area contributed by atoms with Crippen molar-refractivity contribution in [2.24, 2.45) is 10.7 Å². The zero-order valence-electron chi connectivity index (χ0n) is 21.7. The third kappa shape index (κ3) is 5.52. The summed E-state index contributed by atoms with van der Waals surface area (Å²) in [5, 5.41) is 13.3. The van der Waals surface area contributed by atoms with Crippen LogP contribution >= 0.6 is 22.9 Å². The number of hydrogen-bond acceptors (Lipinski definition) is 6. The summed E-state index contributed by atoms with van der Waals surface area (Å²) in [6.45, 7) is 6.60. The number of nitrogens with zero attached hydrogens (tertiary/aromatic N) is 4. The van der Waals surface area contributed by atoms with E-state index in [9.17, 15) is 4.79 Å². The van der Waals surface area contributed by atoms with E-state index in [1.165, 1.54) is 4.88 Å². The van der Waals surface area contributed by atoms with Crippen LogP contribution in [0.4, 0.5) is 0 Å². The first kappa shape index (κ1) is 26.5. The van der Waals surface area contributed by atoms with Crippen LogP contribution in [0.1, 0.15) is 57.1 Å². The Hall–Kier alpha value is -4.15. The van der Waals surface area contributed by atoms with Crippen LogP contribution in [0.15, 0.2) is 41.4 Å². The predicted molar refractivity (Wildman–Crippen MR) is 155 cm³/mol. The lowest BCUT2D eigenvalue weighted by Gasteiger charge is -2.12. The lowest BCUT2D eigenvalue weighted by molar-refractivity contribution is -0.121. The molecule has 4 N–H and O–H groups in total.